The first-order valence-corrected chi connectivity index (χ1v) is 11.9. The van der Waals surface area contributed by atoms with E-state index < -0.39 is 7.75 Å². The molecule has 5 nitrogen and oxygen atoms in total. The highest BCUT2D eigenvalue weighted by molar-refractivity contribution is 7.51. The molecule has 0 aromatic heterocycles. The van der Waals surface area contributed by atoms with Gasteiger partial charge in [0.2, 0.25) is 0 Å². The second-order valence-corrected chi connectivity index (χ2v) is 8.63. The molecule has 1 aliphatic rings. The van der Waals surface area contributed by atoms with Crippen molar-refractivity contribution >= 4 is 24.6 Å². The molecule has 0 aliphatic heterocycles. The largest absolute Gasteiger partial charge is 0.448 e. The molecule has 0 saturated carbocycles. The summed E-state index contributed by atoms with van der Waals surface area (Å²) < 4.78 is 23.7. The molecule has 0 bridgehead atoms. The molecule has 3 aromatic carbocycles. The molecule has 1 N–H and O–H groups in total. The van der Waals surface area contributed by atoms with Crippen LogP contribution in [0.4, 0.5) is 0 Å². The molecule has 0 spiro atoms. The first-order chi connectivity index (χ1) is 15.2. The van der Waals surface area contributed by atoms with Gasteiger partial charge >= 0.3 is 7.75 Å². The van der Waals surface area contributed by atoms with E-state index in [9.17, 15) is 4.57 Å². The van der Waals surface area contributed by atoms with E-state index in [1.165, 1.54) is 0 Å². The monoisotopic (exact) mass is 432 g/mol. The van der Waals surface area contributed by atoms with Crippen LogP contribution in [0.5, 0.6) is 0 Å². The minimum absolute atomic E-state index is 0.252. The molecule has 0 fully saturated rings. The molecule has 3 aromatic rings. The smallest absolute Gasteiger partial charge is 0.292 e. The van der Waals surface area contributed by atoms with E-state index in [1.54, 1.807) is 13.8 Å². The maximum atomic E-state index is 13.0. The molecule has 0 unspecified atom stereocenters. The van der Waals surface area contributed by atoms with Gasteiger partial charge in [-0.25, -0.2) is 9.76 Å². The summed E-state index contributed by atoms with van der Waals surface area (Å²) in [5.74, 6) is 0. The highest BCUT2D eigenvalue weighted by Gasteiger charge is 2.31. The van der Waals surface area contributed by atoms with Gasteiger partial charge in [0, 0.05) is 11.1 Å². The average molecular weight is 432 g/mol. The lowest BCUT2D eigenvalue weighted by atomic mass is 9.94. The summed E-state index contributed by atoms with van der Waals surface area (Å²) in [5, 5.41) is 7.32. The third-order valence-electron chi connectivity index (χ3n) is 4.95. The zero-order chi connectivity index (χ0) is 21.7. The number of nitrogens with zero attached hydrogens (tertiary/aromatic N) is 1. The van der Waals surface area contributed by atoms with Gasteiger partial charge in [-0.05, 0) is 36.1 Å². The van der Waals surface area contributed by atoms with E-state index in [1.807, 2.05) is 54.6 Å². The number of benzene rings is 3. The fourth-order valence-corrected chi connectivity index (χ4v) is 4.84. The molecule has 0 amide bonds. The van der Waals surface area contributed by atoms with Gasteiger partial charge in [-0.3, -0.25) is 9.05 Å². The Morgan fingerprint density at radius 1 is 0.710 bits per heavy atom. The molecule has 31 heavy (non-hydrogen) atoms. The predicted octanol–water partition coefficient (Wildman–Crippen LogP) is 6.13. The number of allylic oxidation sites excluding steroid dienone is 1. The Morgan fingerprint density at radius 3 is 1.74 bits per heavy atom. The Morgan fingerprint density at radius 2 is 1.19 bits per heavy atom. The Labute approximate surface area is 183 Å². The molecule has 1 aliphatic carbocycles. The van der Waals surface area contributed by atoms with E-state index >= 15 is 0 Å². The topological polar surface area (TPSA) is 59.9 Å². The minimum atomic E-state index is -3.55. The SMILES string of the molecule is CCOP(=O)(N/N=C1/C(c2ccccc2)=C(c2ccccc2)c2ccccc21)OCC. The van der Waals surface area contributed by atoms with E-state index in [-0.39, 0.29) is 13.2 Å². The number of hydrogen-bond acceptors (Lipinski definition) is 4. The Bertz CT molecular complexity index is 1150. The average Bonchev–Trinajstić information content (AvgIpc) is 3.14. The Hall–Kier alpha value is -2.98. The number of hydrogen-bond donors (Lipinski definition) is 1. The third-order valence-corrected chi connectivity index (χ3v) is 6.49. The van der Waals surface area contributed by atoms with Crippen LogP contribution in [0, 0.1) is 0 Å². The lowest BCUT2D eigenvalue weighted by Gasteiger charge is -2.16. The van der Waals surface area contributed by atoms with Crippen LogP contribution in [0.25, 0.3) is 11.1 Å². The van der Waals surface area contributed by atoms with Gasteiger partial charge in [0.25, 0.3) is 0 Å². The number of nitrogens with one attached hydrogen (secondary N) is 1. The van der Waals surface area contributed by atoms with Crippen LogP contribution in [-0.4, -0.2) is 18.9 Å². The van der Waals surface area contributed by atoms with Gasteiger partial charge in [-0.2, -0.15) is 5.10 Å². The van der Waals surface area contributed by atoms with Gasteiger partial charge in [-0.1, -0.05) is 84.9 Å². The molecule has 6 heteroatoms. The molecule has 0 radical (unpaired) electrons. The van der Waals surface area contributed by atoms with Crippen LogP contribution >= 0.6 is 7.75 Å². The van der Waals surface area contributed by atoms with Crippen LogP contribution in [0.1, 0.15) is 36.1 Å². The second-order valence-electron chi connectivity index (χ2n) is 6.92. The van der Waals surface area contributed by atoms with Crippen molar-refractivity contribution in [2.45, 2.75) is 13.8 Å². The maximum Gasteiger partial charge on any atom is 0.448 e. The van der Waals surface area contributed by atoms with Crippen molar-refractivity contribution in [2.75, 3.05) is 13.2 Å². The van der Waals surface area contributed by atoms with E-state index in [0.29, 0.717) is 5.71 Å². The summed E-state index contributed by atoms with van der Waals surface area (Å²) in [6.45, 7) is 4.05. The van der Waals surface area contributed by atoms with Crippen LogP contribution in [0.2, 0.25) is 0 Å². The van der Waals surface area contributed by atoms with Gasteiger partial charge in [0.05, 0.1) is 18.9 Å². The molecular weight excluding hydrogens is 407 g/mol. The fourth-order valence-electron chi connectivity index (χ4n) is 3.75. The molecule has 0 atom stereocenters. The maximum absolute atomic E-state index is 13.0. The van der Waals surface area contributed by atoms with E-state index in [2.05, 4.69) is 40.6 Å². The summed E-state index contributed by atoms with van der Waals surface area (Å²) in [7, 11) is -3.55. The van der Waals surface area contributed by atoms with Crippen LogP contribution < -0.4 is 5.20 Å². The van der Waals surface area contributed by atoms with Crippen molar-refractivity contribution in [3.8, 4) is 0 Å². The molecule has 0 heterocycles. The molecular formula is C25H25N2O3P. The zero-order valence-corrected chi connectivity index (χ0v) is 18.5. The highest BCUT2D eigenvalue weighted by atomic mass is 31.2. The number of fused-ring (bicyclic) bond motifs is 1. The van der Waals surface area contributed by atoms with Crippen molar-refractivity contribution in [1.82, 2.24) is 5.20 Å². The zero-order valence-electron chi connectivity index (χ0n) is 17.6. The summed E-state index contributed by atoms with van der Waals surface area (Å²) in [4.78, 5) is 0. The predicted molar refractivity (Wildman–Crippen MR) is 126 cm³/mol. The van der Waals surface area contributed by atoms with E-state index in [4.69, 9.17) is 9.05 Å². The van der Waals surface area contributed by atoms with Gasteiger partial charge in [0.15, 0.2) is 0 Å². The van der Waals surface area contributed by atoms with Crippen molar-refractivity contribution < 1.29 is 13.6 Å². The van der Waals surface area contributed by atoms with Crippen molar-refractivity contribution in [3.05, 3.63) is 107 Å². The fraction of sp³-hybridized carbons (Fsp3) is 0.160. The summed E-state index contributed by atoms with van der Waals surface area (Å²) in [6, 6.07) is 28.5. The Balaban J connectivity index is 1.92. The summed E-state index contributed by atoms with van der Waals surface area (Å²) in [6.07, 6.45) is 0. The quantitative estimate of drug-likeness (QED) is 0.343. The molecule has 158 valence electrons. The first kappa shape index (κ1) is 21.3. The summed E-state index contributed by atoms with van der Waals surface area (Å²) in [5.41, 5.74) is 6.94. The lowest BCUT2D eigenvalue weighted by Crippen LogP contribution is -2.13. The molecule has 4 rings (SSSR count). The minimum Gasteiger partial charge on any atom is -0.292 e. The lowest BCUT2D eigenvalue weighted by molar-refractivity contribution is 0.211. The number of hydrazone groups is 1. The third kappa shape index (κ3) is 4.40. The van der Waals surface area contributed by atoms with Crippen molar-refractivity contribution in [1.29, 1.82) is 0 Å². The van der Waals surface area contributed by atoms with E-state index in [0.717, 1.165) is 33.4 Å². The molecule has 0 saturated heterocycles. The Kier molecular flexibility index (Phi) is 6.47. The van der Waals surface area contributed by atoms with Gasteiger partial charge in [0.1, 0.15) is 0 Å². The van der Waals surface area contributed by atoms with Crippen molar-refractivity contribution in [2.24, 2.45) is 5.10 Å². The van der Waals surface area contributed by atoms with Crippen molar-refractivity contribution in [3.63, 3.8) is 0 Å². The standard InChI is InChI=1S/C25H25N2O3P/c1-3-29-31(28,30-4-2)27-26-25-22-18-12-11-17-21(22)23(19-13-7-5-8-14-19)24(25)20-15-9-6-10-16-20/h5-18H,3-4H2,1-2H3,(H,27,28)/b26-25+. The first-order valence-electron chi connectivity index (χ1n) is 10.4. The number of rotatable bonds is 8. The van der Waals surface area contributed by atoms with Gasteiger partial charge < -0.3 is 0 Å². The normalized spacial score (nSPS) is 14.7. The van der Waals surface area contributed by atoms with Crippen LogP contribution in [0.15, 0.2) is 90.0 Å². The van der Waals surface area contributed by atoms with Gasteiger partial charge in [-0.15, -0.1) is 0 Å². The van der Waals surface area contributed by atoms with Crippen LogP contribution in [0.3, 0.4) is 0 Å². The summed E-state index contributed by atoms with van der Waals surface area (Å²) >= 11 is 0. The van der Waals surface area contributed by atoms with Crippen LogP contribution in [-0.2, 0) is 13.6 Å². The second kappa shape index (κ2) is 9.44. The highest BCUT2D eigenvalue weighted by Crippen LogP contribution is 2.46.